The zero-order valence-electron chi connectivity index (χ0n) is 13.8. The number of piperidine rings is 2. The second kappa shape index (κ2) is 5.91. The summed E-state index contributed by atoms with van der Waals surface area (Å²) in [7, 11) is -1.68. The van der Waals surface area contributed by atoms with Gasteiger partial charge in [-0.3, -0.25) is 4.79 Å². The topological polar surface area (TPSA) is 57.7 Å². The van der Waals surface area contributed by atoms with Gasteiger partial charge in [0.05, 0.1) is 10.4 Å². The highest BCUT2D eigenvalue weighted by Crippen LogP contribution is 2.37. The molecule has 2 heterocycles. The Morgan fingerprint density at radius 2 is 1.74 bits per heavy atom. The Labute approximate surface area is 138 Å². The van der Waals surface area contributed by atoms with E-state index < -0.39 is 10.0 Å². The number of carbonyl (C=O) groups excluding carboxylic acids is 1. The van der Waals surface area contributed by atoms with Gasteiger partial charge in [0.1, 0.15) is 0 Å². The third-order valence-electron chi connectivity index (χ3n) is 5.30. The average molecular weight is 336 g/mol. The average Bonchev–Trinajstić information content (AvgIpc) is 2.53. The first-order chi connectivity index (χ1) is 10.8. The normalized spacial score (nSPS) is 26.7. The molecule has 0 N–H and O–H groups in total. The lowest BCUT2D eigenvalue weighted by Gasteiger charge is -2.50. The smallest absolute Gasteiger partial charge is 0.243 e. The molecule has 1 spiro atoms. The highest BCUT2D eigenvalue weighted by atomic mass is 32.2. The number of hydrogen-bond donors (Lipinski definition) is 0. The van der Waals surface area contributed by atoms with Crippen molar-refractivity contribution >= 4 is 15.9 Å². The number of likely N-dealkylation sites (N-methyl/N-ethyl adjacent to an activating group) is 1. The first-order valence-corrected chi connectivity index (χ1v) is 9.63. The highest BCUT2D eigenvalue weighted by molar-refractivity contribution is 7.89. The molecule has 2 fully saturated rings. The molecule has 2 aliphatic rings. The summed E-state index contributed by atoms with van der Waals surface area (Å²) in [6.07, 6.45) is 3.98. The van der Waals surface area contributed by atoms with Crippen molar-refractivity contribution in [2.75, 3.05) is 20.1 Å². The zero-order valence-corrected chi connectivity index (χ0v) is 14.6. The maximum Gasteiger partial charge on any atom is 0.243 e. The van der Waals surface area contributed by atoms with Crippen LogP contribution in [-0.4, -0.2) is 49.2 Å². The summed E-state index contributed by atoms with van der Waals surface area (Å²) in [5.41, 5.74) is 0.711. The molecule has 1 aromatic carbocycles. The first-order valence-electron chi connectivity index (χ1n) is 8.19. The second-order valence-corrected chi connectivity index (χ2v) is 8.72. The molecule has 1 atom stereocenters. The van der Waals surface area contributed by atoms with E-state index in [-0.39, 0.29) is 11.4 Å². The molecule has 0 aliphatic carbocycles. The molecule has 0 unspecified atom stereocenters. The van der Waals surface area contributed by atoms with Crippen LogP contribution in [0.3, 0.4) is 0 Å². The van der Waals surface area contributed by atoms with E-state index in [1.165, 1.54) is 0 Å². The van der Waals surface area contributed by atoms with Crippen molar-refractivity contribution in [2.24, 2.45) is 0 Å². The summed E-state index contributed by atoms with van der Waals surface area (Å²) < 4.78 is 27.4. The van der Waals surface area contributed by atoms with Crippen molar-refractivity contribution in [1.82, 2.24) is 9.21 Å². The molecule has 5 nitrogen and oxygen atoms in total. The van der Waals surface area contributed by atoms with Crippen LogP contribution in [0.2, 0.25) is 0 Å². The minimum Gasteiger partial charge on any atom is -0.339 e. The summed E-state index contributed by atoms with van der Waals surface area (Å²) in [4.78, 5) is 14.2. The maximum atomic E-state index is 12.9. The predicted octanol–water partition coefficient (Wildman–Crippen LogP) is 2.16. The van der Waals surface area contributed by atoms with Gasteiger partial charge in [-0.1, -0.05) is 17.7 Å². The number of amides is 1. The molecule has 3 rings (SSSR count). The number of sulfonamides is 1. The Kier molecular flexibility index (Phi) is 4.23. The fourth-order valence-corrected chi connectivity index (χ4v) is 5.34. The van der Waals surface area contributed by atoms with Gasteiger partial charge in [-0.25, -0.2) is 8.42 Å². The van der Waals surface area contributed by atoms with E-state index in [1.807, 2.05) is 26.1 Å². The third-order valence-corrected chi connectivity index (χ3v) is 7.16. The minimum absolute atomic E-state index is 0.130. The lowest BCUT2D eigenvalue weighted by molar-refractivity contribution is -0.141. The molecule has 0 bridgehead atoms. The highest BCUT2D eigenvalue weighted by Gasteiger charge is 2.45. The van der Waals surface area contributed by atoms with Gasteiger partial charge in [0.15, 0.2) is 0 Å². The molecule has 6 heteroatoms. The number of likely N-dealkylation sites (tertiary alicyclic amines) is 1. The van der Waals surface area contributed by atoms with Gasteiger partial charge in [0.25, 0.3) is 0 Å². The van der Waals surface area contributed by atoms with E-state index >= 15 is 0 Å². The van der Waals surface area contributed by atoms with Gasteiger partial charge in [-0.15, -0.1) is 0 Å². The standard InChI is InChI=1S/C17H24N2O3S/c1-14-6-8-15(9-7-14)23(21,22)19-12-4-11-17(13-19)10-3-5-16(20)18(17)2/h6-9H,3-5,10-13H2,1-2H3/t17-/m0/s1. The number of benzene rings is 1. The summed E-state index contributed by atoms with van der Waals surface area (Å²) >= 11 is 0. The molecule has 0 aromatic heterocycles. The van der Waals surface area contributed by atoms with Crippen LogP contribution in [0, 0.1) is 6.92 Å². The van der Waals surface area contributed by atoms with Crippen LogP contribution < -0.4 is 0 Å². The van der Waals surface area contributed by atoms with E-state index in [0.29, 0.717) is 24.4 Å². The number of aryl methyl sites for hydroxylation is 1. The Hall–Kier alpha value is -1.40. The van der Waals surface area contributed by atoms with Crippen molar-refractivity contribution in [3.63, 3.8) is 0 Å². The van der Waals surface area contributed by atoms with E-state index in [4.69, 9.17) is 0 Å². The molecule has 126 valence electrons. The number of nitrogens with zero attached hydrogens (tertiary/aromatic N) is 2. The molecule has 23 heavy (non-hydrogen) atoms. The third kappa shape index (κ3) is 2.90. The molecular weight excluding hydrogens is 312 g/mol. The van der Waals surface area contributed by atoms with Crippen LogP contribution in [0.15, 0.2) is 29.2 Å². The number of carbonyl (C=O) groups is 1. The van der Waals surface area contributed by atoms with Gasteiger partial charge >= 0.3 is 0 Å². The van der Waals surface area contributed by atoms with Crippen LogP contribution in [-0.2, 0) is 14.8 Å². The summed E-state index contributed by atoms with van der Waals surface area (Å²) in [6, 6.07) is 6.98. The molecular formula is C17H24N2O3S. The fourth-order valence-electron chi connectivity index (χ4n) is 3.78. The van der Waals surface area contributed by atoms with Gasteiger partial charge in [-0.05, 0) is 44.7 Å². The first kappa shape index (κ1) is 16.5. The Morgan fingerprint density at radius 3 is 2.43 bits per heavy atom. The summed E-state index contributed by atoms with van der Waals surface area (Å²) in [5.74, 6) is 0.130. The van der Waals surface area contributed by atoms with Gasteiger partial charge in [0.2, 0.25) is 15.9 Å². The minimum atomic E-state index is -3.50. The zero-order chi connectivity index (χ0) is 16.7. The second-order valence-electron chi connectivity index (χ2n) is 6.79. The lowest BCUT2D eigenvalue weighted by atomic mass is 9.81. The van der Waals surface area contributed by atoms with Crippen molar-refractivity contribution < 1.29 is 13.2 Å². The van der Waals surface area contributed by atoms with Crippen molar-refractivity contribution in [1.29, 1.82) is 0 Å². The molecule has 1 aromatic rings. The molecule has 1 amide bonds. The molecule has 2 aliphatic heterocycles. The quantitative estimate of drug-likeness (QED) is 0.831. The number of rotatable bonds is 2. The van der Waals surface area contributed by atoms with E-state index in [1.54, 1.807) is 21.3 Å². The molecule has 0 saturated carbocycles. The fraction of sp³-hybridized carbons (Fsp3) is 0.588. The van der Waals surface area contributed by atoms with Gasteiger partial charge in [-0.2, -0.15) is 4.31 Å². The number of hydrogen-bond acceptors (Lipinski definition) is 3. The van der Waals surface area contributed by atoms with Crippen molar-refractivity contribution in [3.8, 4) is 0 Å². The summed E-state index contributed by atoms with van der Waals surface area (Å²) in [6.45, 7) is 2.88. The van der Waals surface area contributed by atoms with Crippen LogP contribution in [0.5, 0.6) is 0 Å². The molecule has 0 radical (unpaired) electrons. The van der Waals surface area contributed by atoms with Crippen LogP contribution in [0.1, 0.15) is 37.7 Å². The van der Waals surface area contributed by atoms with Crippen LogP contribution in [0.4, 0.5) is 0 Å². The molecule has 2 saturated heterocycles. The van der Waals surface area contributed by atoms with E-state index in [2.05, 4.69) is 0 Å². The lowest BCUT2D eigenvalue weighted by Crippen LogP contribution is -2.61. The van der Waals surface area contributed by atoms with E-state index in [0.717, 1.165) is 31.2 Å². The monoisotopic (exact) mass is 336 g/mol. The van der Waals surface area contributed by atoms with Crippen molar-refractivity contribution in [2.45, 2.75) is 49.5 Å². The van der Waals surface area contributed by atoms with Crippen LogP contribution >= 0.6 is 0 Å². The van der Waals surface area contributed by atoms with Crippen LogP contribution in [0.25, 0.3) is 0 Å². The van der Waals surface area contributed by atoms with Gasteiger partial charge < -0.3 is 4.90 Å². The largest absolute Gasteiger partial charge is 0.339 e. The maximum absolute atomic E-state index is 12.9. The Bertz CT molecular complexity index is 695. The predicted molar refractivity (Wildman–Crippen MR) is 88.5 cm³/mol. The SMILES string of the molecule is Cc1ccc(S(=O)(=O)N2CCC[C@@]3(CCCC(=O)N3C)C2)cc1. The van der Waals surface area contributed by atoms with Gasteiger partial charge in [0, 0.05) is 26.6 Å². The summed E-state index contributed by atoms with van der Waals surface area (Å²) in [5, 5.41) is 0. The Balaban J connectivity index is 1.88. The Morgan fingerprint density at radius 1 is 1.09 bits per heavy atom. The van der Waals surface area contributed by atoms with E-state index in [9.17, 15) is 13.2 Å². The van der Waals surface area contributed by atoms with Crippen molar-refractivity contribution in [3.05, 3.63) is 29.8 Å².